The van der Waals surface area contributed by atoms with Gasteiger partial charge in [0.05, 0.1) is 5.69 Å². The lowest BCUT2D eigenvalue weighted by Crippen LogP contribution is -2.01. The first-order valence-corrected chi connectivity index (χ1v) is 5.04. The Morgan fingerprint density at radius 1 is 1.64 bits per heavy atom. The highest BCUT2D eigenvalue weighted by Crippen LogP contribution is 2.14. The Labute approximate surface area is 84.4 Å². The number of aldehydes is 1. The Balaban J connectivity index is 2.54. The molecule has 14 heavy (non-hydrogen) atoms. The number of aromatic nitrogens is 4. The van der Waals surface area contributed by atoms with Crippen molar-refractivity contribution in [2.45, 2.75) is 13.3 Å². The summed E-state index contributed by atoms with van der Waals surface area (Å²) in [5, 5.41) is 10.3. The van der Waals surface area contributed by atoms with Crippen LogP contribution in [0.1, 0.15) is 23.1 Å². The van der Waals surface area contributed by atoms with Crippen molar-refractivity contribution in [1.82, 2.24) is 20.0 Å². The average Bonchev–Trinajstić information content (AvgIpc) is 2.85. The van der Waals surface area contributed by atoms with E-state index in [1.807, 2.05) is 12.3 Å². The molecule has 0 radical (unpaired) electrons. The van der Waals surface area contributed by atoms with Crippen LogP contribution < -0.4 is 0 Å². The van der Waals surface area contributed by atoms with Gasteiger partial charge in [-0.05, 0) is 6.42 Å². The highest BCUT2D eigenvalue weighted by atomic mass is 32.1. The second-order valence-corrected chi connectivity index (χ2v) is 3.49. The van der Waals surface area contributed by atoms with E-state index >= 15 is 0 Å². The molecule has 0 amide bonds. The van der Waals surface area contributed by atoms with Crippen molar-refractivity contribution in [3.8, 4) is 5.13 Å². The molecule has 2 aromatic rings. The molecule has 0 aliphatic carbocycles. The number of hydrogen-bond acceptors (Lipinski definition) is 5. The van der Waals surface area contributed by atoms with Gasteiger partial charge in [0, 0.05) is 11.6 Å². The first kappa shape index (κ1) is 9.01. The Morgan fingerprint density at radius 3 is 3.07 bits per heavy atom. The van der Waals surface area contributed by atoms with Crippen molar-refractivity contribution in [1.29, 1.82) is 0 Å². The van der Waals surface area contributed by atoms with Gasteiger partial charge in [-0.1, -0.05) is 12.1 Å². The maximum absolute atomic E-state index is 10.6. The number of thiazole rings is 1. The Morgan fingerprint density at radius 2 is 2.50 bits per heavy atom. The topological polar surface area (TPSA) is 60.7 Å². The second kappa shape index (κ2) is 3.67. The van der Waals surface area contributed by atoms with Gasteiger partial charge >= 0.3 is 0 Å². The van der Waals surface area contributed by atoms with Crippen LogP contribution in [0.5, 0.6) is 0 Å². The van der Waals surface area contributed by atoms with Crippen molar-refractivity contribution >= 4 is 17.6 Å². The molecule has 0 saturated carbocycles. The maximum Gasteiger partial charge on any atom is 0.211 e. The van der Waals surface area contributed by atoms with Gasteiger partial charge in [0.15, 0.2) is 6.29 Å². The van der Waals surface area contributed by atoms with Gasteiger partial charge in [-0.3, -0.25) is 4.79 Å². The van der Waals surface area contributed by atoms with Crippen LogP contribution in [0.3, 0.4) is 0 Å². The fourth-order valence-corrected chi connectivity index (χ4v) is 1.82. The predicted molar refractivity (Wildman–Crippen MR) is 51.8 cm³/mol. The number of nitrogens with zero attached hydrogens (tertiary/aromatic N) is 4. The highest BCUT2D eigenvalue weighted by Gasteiger charge is 2.12. The van der Waals surface area contributed by atoms with Crippen LogP contribution in [0.2, 0.25) is 0 Å². The minimum absolute atomic E-state index is 0.391. The molecule has 0 bridgehead atoms. The van der Waals surface area contributed by atoms with Crippen molar-refractivity contribution in [3.05, 3.63) is 23.0 Å². The quantitative estimate of drug-likeness (QED) is 0.708. The molecule has 0 fully saturated rings. The van der Waals surface area contributed by atoms with Crippen LogP contribution >= 0.6 is 11.3 Å². The molecule has 0 aliphatic heterocycles. The molecule has 0 aromatic carbocycles. The third-order valence-corrected chi connectivity index (χ3v) is 2.59. The average molecular weight is 208 g/mol. The summed E-state index contributed by atoms with van der Waals surface area (Å²) in [4.78, 5) is 14.7. The number of rotatable bonds is 3. The molecule has 0 spiro atoms. The van der Waals surface area contributed by atoms with E-state index in [0.717, 1.165) is 17.1 Å². The van der Waals surface area contributed by atoms with Gasteiger partial charge in [0.25, 0.3) is 0 Å². The van der Waals surface area contributed by atoms with E-state index in [1.54, 1.807) is 10.9 Å². The maximum atomic E-state index is 10.6. The van der Waals surface area contributed by atoms with Crippen LogP contribution in [0.4, 0.5) is 0 Å². The van der Waals surface area contributed by atoms with E-state index in [-0.39, 0.29) is 0 Å². The zero-order valence-corrected chi connectivity index (χ0v) is 8.36. The first-order chi connectivity index (χ1) is 6.86. The summed E-state index contributed by atoms with van der Waals surface area (Å²) in [5.74, 6) is 0. The molecular formula is C8H8N4OS. The van der Waals surface area contributed by atoms with E-state index in [9.17, 15) is 4.79 Å². The lowest BCUT2D eigenvalue weighted by Gasteiger charge is -1.98. The molecule has 2 rings (SSSR count). The van der Waals surface area contributed by atoms with Gasteiger partial charge in [-0.25, -0.2) is 4.98 Å². The lowest BCUT2D eigenvalue weighted by atomic mass is 10.3. The van der Waals surface area contributed by atoms with Crippen LogP contribution in [-0.2, 0) is 6.42 Å². The Hall–Kier alpha value is -1.56. The molecule has 0 atom stereocenters. The second-order valence-electron chi connectivity index (χ2n) is 2.62. The summed E-state index contributed by atoms with van der Waals surface area (Å²) >= 11 is 1.46. The third kappa shape index (κ3) is 1.33. The minimum Gasteiger partial charge on any atom is -0.296 e. The largest absolute Gasteiger partial charge is 0.296 e. The summed E-state index contributed by atoms with van der Waals surface area (Å²) < 4.78 is 1.61. The Kier molecular flexibility index (Phi) is 2.36. The summed E-state index contributed by atoms with van der Waals surface area (Å²) in [6.45, 7) is 1.95. The summed E-state index contributed by atoms with van der Waals surface area (Å²) in [7, 11) is 0. The standard InChI is InChI=1S/C8H8N4OS/c1-2-7-6(5-13)10-11-12(7)8-9-3-4-14-8/h3-5H,2H2,1H3. The first-order valence-electron chi connectivity index (χ1n) is 4.16. The molecule has 2 heterocycles. The van der Waals surface area contributed by atoms with Crippen LogP contribution in [0.15, 0.2) is 11.6 Å². The van der Waals surface area contributed by atoms with Crippen LogP contribution in [0.25, 0.3) is 5.13 Å². The molecule has 0 unspecified atom stereocenters. The van der Waals surface area contributed by atoms with Gasteiger partial charge in [0.2, 0.25) is 5.13 Å². The highest BCUT2D eigenvalue weighted by molar-refractivity contribution is 7.12. The van der Waals surface area contributed by atoms with Gasteiger partial charge in [-0.2, -0.15) is 4.68 Å². The molecule has 2 aromatic heterocycles. The van der Waals surface area contributed by atoms with Crippen molar-refractivity contribution in [2.75, 3.05) is 0 Å². The normalized spacial score (nSPS) is 10.4. The van der Waals surface area contributed by atoms with Crippen LogP contribution in [0, 0.1) is 0 Å². The monoisotopic (exact) mass is 208 g/mol. The summed E-state index contributed by atoms with van der Waals surface area (Å²) in [5.41, 5.74) is 1.19. The number of carbonyl (C=O) groups is 1. The number of carbonyl (C=O) groups excluding carboxylic acids is 1. The van der Waals surface area contributed by atoms with E-state index in [2.05, 4.69) is 15.3 Å². The van der Waals surface area contributed by atoms with Crippen LogP contribution in [-0.4, -0.2) is 26.3 Å². The molecule has 6 heteroatoms. The van der Waals surface area contributed by atoms with E-state index in [0.29, 0.717) is 12.1 Å². The number of hydrogen-bond donors (Lipinski definition) is 0. The van der Waals surface area contributed by atoms with E-state index in [1.165, 1.54) is 11.3 Å². The molecule has 5 nitrogen and oxygen atoms in total. The molecular weight excluding hydrogens is 200 g/mol. The molecule has 72 valence electrons. The van der Waals surface area contributed by atoms with Crippen molar-refractivity contribution in [3.63, 3.8) is 0 Å². The third-order valence-electron chi connectivity index (χ3n) is 1.84. The van der Waals surface area contributed by atoms with E-state index in [4.69, 9.17) is 0 Å². The van der Waals surface area contributed by atoms with Crippen molar-refractivity contribution < 1.29 is 4.79 Å². The molecule has 0 saturated heterocycles. The summed E-state index contributed by atoms with van der Waals surface area (Å²) in [6, 6.07) is 0. The predicted octanol–water partition coefficient (Wildman–Crippen LogP) is 1.10. The van der Waals surface area contributed by atoms with Gasteiger partial charge in [-0.15, -0.1) is 16.4 Å². The zero-order chi connectivity index (χ0) is 9.97. The smallest absolute Gasteiger partial charge is 0.211 e. The van der Waals surface area contributed by atoms with Gasteiger partial charge < -0.3 is 0 Å². The fourth-order valence-electron chi connectivity index (χ4n) is 1.21. The Bertz CT molecular complexity index is 434. The van der Waals surface area contributed by atoms with Crippen molar-refractivity contribution in [2.24, 2.45) is 0 Å². The lowest BCUT2D eigenvalue weighted by molar-refractivity contribution is 0.111. The molecule has 0 aliphatic rings. The van der Waals surface area contributed by atoms with Gasteiger partial charge in [0.1, 0.15) is 5.69 Å². The SMILES string of the molecule is CCc1c(C=O)nnn1-c1nccs1. The summed E-state index contributed by atoms with van der Waals surface area (Å²) in [6.07, 6.45) is 3.12. The fraction of sp³-hybridized carbons (Fsp3) is 0.250. The zero-order valence-electron chi connectivity index (χ0n) is 7.54. The molecule has 0 N–H and O–H groups in total. The van der Waals surface area contributed by atoms with E-state index < -0.39 is 0 Å². The minimum atomic E-state index is 0.391.